The minimum Gasteiger partial charge on any atom is -0.359 e. The van der Waals surface area contributed by atoms with E-state index in [0.717, 1.165) is 23.4 Å². The first-order valence-corrected chi connectivity index (χ1v) is 9.66. The zero-order chi connectivity index (χ0) is 17.6. The molecule has 0 heterocycles. The molecule has 4 fully saturated rings. The summed E-state index contributed by atoms with van der Waals surface area (Å²) in [4.78, 5) is 10.3. The fourth-order valence-electron chi connectivity index (χ4n) is 5.89. The number of anilines is 1. The second-order valence-electron chi connectivity index (χ2n) is 8.40. The molecule has 25 heavy (non-hydrogen) atoms. The summed E-state index contributed by atoms with van der Waals surface area (Å²) in [5.74, 6) is 2.77. The lowest BCUT2D eigenvalue weighted by Crippen LogP contribution is -2.56. The van der Waals surface area contributed by atoms with Crippen LogP contribution in [0.3, 0.4) is 0 Å². The van der Waals surface area contributed by atoms with E-state index in [0.29, 0.717) is 16.6 Å². The van der Waals surface area contributed by atoms with E-state index in [1.807, 2.05) is 0 Å². The highest BCUT2D eigenvalue weighted by molar-refractivity contribution is 7.80. The molecular weight excluding hydrogens is 334 g/mol. The molecule has 0 spiro atoms. The van der Waals surface area contributed by atoms with Gasteiger partial charge in [-0.25, -0.2) is 0 Å². The zero-order valence-corrected chi connectivity index (χ0v) is 15.3. The lowest BCUT2D eigenvalue weighted by molar-refractivity contribution is -0.384. The second kappa shape index (κ2) is 6.24. The minimum absolute atomic E-state index is 0.0892. The molecular formula is C19H25N3O2S. The third kappa shape index (κ3) is 3.24. The molecule has 1 unspecified atom stereocenters. The number of nitrogens with one attached hydrogen (secondary N) is 2. The van der Waals surface area contributed by atoms with Crippen molar-refractivity contribution in [1.29, 1.82) is 0 Å². The molecule has 4 bridgehead atoms. The summed E-state index contributed by atoms with van der Waals surface area (Å²) in [7, 11) is 0. The lowest BCUT2D eigenvalue weighted by Gasteiger charge is -2.59. The van der Waals surface area contributed by atoms with Crippen LogP contribution in [-0.4, -0.2) is 16.1 Å². The summed E-state index contributed by atoms with van der Waals surface area (Å²) < 4.78 is 0. The maximum absolute atomic E-state index is 10.7. The summed E-state index contributed by atoms with van der Waals surface area (Å²) in [6.45, 7) is 2.27. The van der Waals surface area contributed by atoms with Crippen molar-refractivity contribution >= 4 is 28.7 Å². The fourth-order valence-corrected chi connectivity index (χ4v) is 6.19. The summed E-state index contributed by atoms with van der Waals surface area (Å²) >= 11 is 5.50. The van der Waals surface area contributed by atoms with Crippen molar-refractivity contribution in [1.82, 2.24) is 5.32 Å². The van der Waals surface area contributed by atoms with Crippen molar-refractivity contribution in [2.45, 2.75) is 51.5 Å². The number of nitro groups is 1. The highest BCUT2D eigenvalue weighted by Crippen LogP contribution is 2.61. The first-order valence-electron chi connectivity index (χ1n) is 9.25. The number of non-ortho nitro benzene ring substituents is 1. The smallest absolute Gasteiger partial charge is 0.269 e. The zero-order valence-electron chi connectivity index (χ0n) is 14.5. The van der Waals surface area contributed by atoms with Gasteiger partial charge in [0.25, 0.3) is 5.69 Å². The molecule has 2 N–H and O–H groups in total. The SMILES string of the molecule is CC(NC(=S)Nc1ccc([N+](=O)[O-])cc1)C12CC3CC(CC(C3)C1)C2. The van der Waals surface area contributed by atoms with E-state index < -0.39 is 4.92 Å². The predicted octanol–water partition coefficient (Wildman–Crippen LogP) is 4.49. The molecule has 4 aliphatic carbocycles. The molecule has 0 saturated heterocycles. The van der Waals surface area contributed by atoms with Crippen LogP contribution in [-0.2, 0) is 0 Å². The van der Waals surface area contributed by atoms with Gasteiger partial charge in [-0.2, -0.15) is 0 Å². The number of nitro benzene ring substituents is 1. The molecule has 4 saturated carbocycles. The van der Waals surface area contributed by atoms with Gasteiger partial charge in [0.05, 0.1) is 4.92 Å². The molecule has 1 atom stereocenters. The molecule has 5 rings (SSSR count). The highest BCUT2D eigenvalue weighted by atomic mass is 32.1. The van der Waals surface area contributed by atoms with Crippen molar-refractivity contribution in [2.24, 2.45) is 23.2 Å². The molecule has 0 aromatic heterocycles. The standard InChI is InChI=1S/C19H25N3O2S/c1-12(19-9-13-6-14(10-19)8-15(7-13)11-19)20-18(25)21-16-2-4-17(5-3-16)22(23)24/h2-5,12-15H,6-11H2,1H3,(H2,20,21,25). The van der Waals surface area contributed by atoms with Gasteiger partial charge < -0.3 is 10.6 Å². The van der Waals surface area contributed by atoms with Crippen molar-refractivity contribution in [2.75, 3.05) is 5.32 Å². The maximum Gasteiger partial charge on any atom is 0.269 e. The number of rotatable bonds is 4. The van der Waals surface area contributed by atoms with Gasteiger partial charge in [0.2, 0.25) is 0 Å². The Balaban J connectivity index is 1.38. The normalized spacial score (nSPS) is 33.7. The lowest BCUT2D eigenvalue weighted by atomic mass is 9.48. The predicted molar refractivity (Wildman–Crippen MR) is 103 cm³/mol. The van der Waals surface area contributed by atoms with Crippen molar-refractivity contribution < 1.29 is 4.92 Å². The molecule has 0 aliphatic heterocycles. The van der Waals surface area contributed by atoms with Gasteiger partial charge in [-0.15, -0.1) is 0 Å². The van der Waals surface area contributed by atoms with E-state index in [-0.39, 0.29) is 5.69 Å². The van der Waals surface area contributed by atoms with E-state index in [1.165, 1.54) is 50.7 Å². The van der Waals surface area contributed by atoms with Crippen molar-refractivity contribution in [3.63, 3.8) is 0 Å². The third-order valence-corrected chi connectivity index (χ3v) is 6.91. The summed E-state index contributed by atoms with van der Waals surface area (Å²) in [5.41, 5.74) is 1.27. The quantitative estimate of drug-likeness (QED) is 0.471. The number of benzene rings is 1. The Hall–Kier alpha value is -1.69. The Morgan fingerprint density at radius 1 is 1.16 bits per heavy atom. The monoisotopic (exact) mass is 359 g/mol. The summed E-state index contributed by atoms with van der Waals surface area (Å²) in [6.07, 6.45) is 8.35. The number of thiocarbonyl (C=S) groups is 1. The van der Waals surface area contributed by atoms with Gasteiger partial charge in [-0.3, -0.25) is 10.1 Å². The fraction of sp³-hybridized carbons (Fsp3) is 0.632. The van der Waals surface area contributed by atoms with Crippen LogP contribution in [0.25, 0.3) is 0 Å². The molecule has 0 amide bonds. The molecule has 4 aliphatic rings. The summed E-state index contributed by atoms with van der Waals surface area (Å²) in [5, 5.41) is 18.0. The van der Waals surface area contributed by atoms with E-state index in [2.05, 4.69) is 17.6 Å². The molecule has 6 heteroatoms. The van der Waals surface area contributed by atoms with Crippen molar-refractivity contribution in [3.05, 3.63) is 34.4 Å². The average Bonchev–Trinajstić information content (AvgIpc) is 2.54. The van der Waals surface area contributed by atoms with Crippen molar-refractivity contribution in [3.8, 4) is 0 Å². The third-order valence-electron chi connectivity index (χ3n) is 6.69. The highest BCUT2D eigenvalue weighted by Gasteiger charge is 2.53. The Labute approximate surface area is 153 Å². The average molecular weight is 359 g/mol. The van der Waals surface area contributed by atoms with Gasteiger partial charge >= 0.3 is 0 Å². The van der Waals surface area contributed by atoms with Crippen LogP contribution in [0.15, 0.2) is 24.3 Å². The first-order chi connectivity index (χ1) is 11.9. The van der Waals surface area contributed by atoms with Crippen LogP contribution in [0.1, 0.15) is 45.4 Å². The molecule has 0 radical (unpaired) electrons. The van der Waals surface area contributed by atoms with Crippen LogP contribution in [0.5, 0.6) is 0 Å². The Morgan fingerprint density at radius 3 is 2.16 bits per heavy atom. The van der Waals surface area contributed by atoms with Gasteiger partial charge in [-0.1, -0.05) is 0 Å². The van der Waals surface area contributed by atoms with E-state index in [1.54, 1.807) is 12.1 Å². The van der Waals surface area contributed by atoms with Crippen LogP contribution in [0.4, 0.5) is 11.4 Å². The van der Waals surface area contributed by atoms with Gasteiger partial charge in [-0.05, 0) is 93.0 Å². The molecule has 1 aromatic rings. The van der Waals surface area contributed by atoms with Crippen LogP contribution < -0.4 is 10.6 Å². The van der Waals surface area contributed by atoms with Crippen LogP contribution in [0, 0.1) is 33.3 Å². The Morgan fingerprint density at radius 2 is 1.68 bits per heavy atom. The maximum atomic E-state index is 10.7. The molecule has 134 valence electrons. The number of nitrogens with zero attached hydrogens (tertiary/aromatic N) is 1. The summed E-state index contributed by atoms with van der Waals surface area (Å²) in [6, 6.07) is 6.74. The minimum atomic E-state index is -0.393. The van der Waals surface area contributed by atoms with Gasteiger partial charge in [0.1, 0.15) is 0 Å². The topological polar surface area (TPSA) is 67.2 Å². The number of hydrogen-bond acceptors (Lipinski definition) is 3. The largest absolute Gasteiger partial charge is 0.359 e. The van der Waals surface area contributed by atoms with Gasteiger partial charge in [0, 0.05) is 23.9 Å². The van der Waals surface area contributed by atoms with E-state index >= 15 is 0 Å². The Bertz CT molecular complexity index is 653. The second-order valence-corrected chi connectivity index (χ2v) is 8.81. The molecule has 1 aromatic carbocycles. The number of hydrogen-bond donors (Lipinski definition) is 2. The van der Waals surface area contributed by atoms with Crippen LogP contribution in [0.2, 0.25) is 0 Å². The Kier molecular flexibility index (Phi) is 4.18. The van der Waals surface area contributed by atoms with Crippen LogP contribution >= 0.6 is 12.2 Å². The molecule has 5 nitrogen and oxygen atoms in total. The first kappa shape index (κ1) is 16.8. The van der Waals surface area contributed by atoms with Gasteiger partial charge in [0.15, 0.2) is 5.11 Å². The van der Waals surface area contributed by atoms with E-state index in [9.17, 15) is 10.1 Å². The van der Waals surface area contributed by atoms with E-state index in [4.69, 9.17) is 12.2 Å².